The van der Waals surface area contributed by atoms with Crippen LogP contribution in [0, 0.1) is 5.92 Å². The van der Waals surface area contributed by atoms with Crippen LogP contribution in [0.25, 0.3) is 0 Å². The minimum atomic E-state index is -1.04. The van der Waals surface area contributed by atoms with Gasteiger partial charge in [-0.15, -0.1) is 0 Å². The maximum absolute atomic E-state index is 10.7. The molecule has 1 heterocycles. The number of aliphatic hydroxyl groups excluding tert-OH is 1. The quantitative estimate of drug-likeness (QED) is 0.889. The average molecular weight is 279 g/mol. The van der Waals surface area contributed by atoms with Crippen LogP contribution in [0.15, 0.2) is 18.5 Å². The molecule has 1 aromatic heterocycles. The van der Waals surface area contributed by atoms with Gasteiger partial charge in [0.25, 0.3) is 0 Å². The monoisotopic (exact) mass is 279 g/mol. The first-order chi connectivity index (χ1) is 9.40. The molecule has 4 heteroatoms. The van der Waals surface area contributed by atoms with Gasteiger partial charge >= 0.3 is 0 Å². The van der Waals surface area contributed by atoms with Gasteiger partial charge in [-0.3, -0.25) is 4.98 Å². The molecule has 0 saturated heterocycles. The van der Waals surface area contributed by atoms with Gasteiger partial charge in [-0.1, -0.05) is 6.92 Å². The third-order valence-electron chi connectivity index (χ3n) is 4.07. The standard InChI is InChI=1S/C16H25NO3/c1-11(2)20-14-8-13(9-17-10-14)15(18)16(19)6-4-12(3)5-7-16/h8-12,15,18-19H,4-7H2,1-3H3. The number of aromatic nitrogens is 1. The highest BCUT2D eigenvalue weighted by Crippen LogP contribution is 2.40. The lowest BCUT2D eigenvalue weighted by Crippen LogP contribution is -2.39. The van der Waals surface area contributed by atoms with Crippen LogP contribution in [0.2, 0.25) is 0 Å². The van der Waals surface area contributed by atoms with E-state index in [9.17, 15) is 10.2 Å². The van der Waals surface area contributed by atoms with Crippen molar-refractivity contribution < 1.29 is 14.9 Å². The number of hydrogen-bond donors (Lipinski definition) is 2. The summed E-state index contributed by atoms with van der Waals surface area (Å²) in [5, 5.41) is 21.2. The van der Waals surface area contributed by atoms with E-state index in [1.54, 1.807) is 18.5 Å². The van der Waals surface area contributed by atoms with Gasteiger partial charge in [-0.05, 0) is 51.5 Å². The van der Waals surface area contributed by atoms with E-state index in [1.165, 1.54) is 0 Å². The first kappa shape index (κ1) is 15.3. The van der Waals surface area contributed by atoms with E-state index in [1.807, 2.05) is 13.8 Å². The molecule has 112 valence electrons. The summed E-state index contributed by atoms with van der Waals surface area (Å²) in [5.74, 6) is 1.25. The number of ether oxygens (including phenoxy) is 1. The molecule has 1 aliphatic carbocycles. The topological polar surface area (TPSA) is 62.6 Å². The van der Waals surface area contributed by atoms with Crippen molar-refractivity contribution >= 4 is 0 Å². The minimum Gasteiger partial charge on any atom is -0.489 e. The van der Waals surface area contributed by atoms with Gasteiger partial charge in [-0.25, -0.2) is 0 Å². The molecule has 1 aromatic rings. The molecule has 0 aliphatic heterocycles. The Labute approximate surface area is 120 Å². The molecule has 1 saturated carbocycles. The number of pyridine rings is 1. The molecule has 0 spiro atoms. The van der Waals surface area contributed by atoms with Gasteiger partial charge in [0.15, 0.2) is 0 Å². The molecule has 0 aromatic carbocycles. The summed E-state index contributed by atoms with van der Waals surface area (Å²) < 4.78 is 5.59. The molecular weight excluding hydrogens is 254 g/mol. The zero-order chi connectivity index (χ0) is 14.8. The Morgan fingerprint density at radius 3 is 2.55 bits per heavy atom. The Hall–Kier alpha value is -1.13. The summed E-state index contributed by atoms with van der Waals surface area (Å²) in [6, 6.07) is 1.77. The molecule has 4 nitrogen and oxygen atoms in total. The van der Waals surface area contributed by atoms with Crippen molar-refractivity contribution in [3.8, 4) is 5.75 Å². The highest BCUT2D eigenvalue weighted by molar-refractivity contribution is 5.27. The Bertz CT molecular complexity index is 439. The maximum atomic E-state index is 10.7. The van der Waals surface area contributed by atoms with Crippen LogP contribution >= 0.6 is 0 Å². The molecule has 1 fully saturated rings. The highest BCUT2D eigenvalue weighted by atomic mass is 16.5. The smallest absolute Gasteiger partial charge is 0.138 e. The van der Waals surface area contributed by atoms with Gasteiger partial charge < -0.3 is 14.9 Å². The summed E-state index contributed by atoms with van der Waals surface area (Å²) >= 11 is 0. The van der Waals surface area contributed by atoms with Crippen molar-refractivity contribution in [1.29, 1.82) is 0 Å². The first-order valence-electron chi connectivity index (χ1n) is 7.43. The van der Waals surface area contributed by atoms with Gasteiger partial charge in [0.1, 0.15) is 11.9 Å². The normalized spacial score (nSPS) is 28.4. The average Bonchev–Trinajstić information content (AvgIpc) is 2.41. The number of aliphatic hydroxyl groups is 2. The number of rotatable bonds is 4. The van der Waals surface area contributed by atoms with Crippen molar-refractivity contribution in [2.24, 2.45) is 5.92 Å². The van der Waals surface area contributed by atoms with Crippen LogP contribution in [0.5, 0.6) is 5.75 Å². The predicted octanol–water partition coefficient (Wildman–Crippen LogP) is 2.84. The van der Waals surface area contributed by atoms with Gasteiger partial charge in [0.05, 0.1) is 17.9 Å². The molecule has 0 bridgehead atoms. The summed E-state index contributed by atoms with van der Waals surface area (Å²) in [5.41, 5.74) is -0.412. The first-order valence-corrected chi connectivity index (χ1v) is 7.43. The third-order valence-corrected chi connectivity index (χ3v) is 4.07. The lowest BCUT2D eigenvalue weighted by molar-refractivity contribution is -0.105. The summed E-state index contributed by atoms with van der Waals surface area (Å²) in [7, 11) is 0. The number of nitrogens with zero attached hydrogens (tertiary/aromatic N) is 1. The fourth-order valence-corrected chi connectivity index (χ4v) is 2.77. The molecule has 0 amide bonds. The van der Waals surface area contributed by atoms with Gasteiger partial charge in [-0.2, -0.15) is 0 Å². The van der Waals surface area contributed by atoms with Crippen LogP contribution < -0.4 is 4.74 Å². The zero-order valence-corrected chi connectivity index (χ0v) is 12.5. The van der Waals surface area contributed by atoms with E-state index in [0.717, 1.165) is 12.8 Å². The van der Waals surface area contributed by atoms with Crippen LogP contribution in [-0.4, -0.2) is 26.9 Å². The second kappa shape index (κ2) is 6.10. The van der Waals surface area contributed by atoms with Gasteiger partial charge in [0.2, 0.25) is 0 Å². The molecule has 1 aliphatic rings. The van der Waals surface area contributed by atoms with Crippen molar-refractivity contribution in [1.82, 2.24) is 4.98 Å². The van der Waals surface area contributed by atoms with Crippen LogP contribution in [0.4, 0.5) is 0 Å². The van der Waals surface area contributed by atoms with E-state index in [0.29, 0.717) is 30.1 Å². The molecule has 2 N–H and O–H groups in total. The molecule has 2 rings (SSSR count). The van der Waals surface area contributed by atoms with Crippen LogP contribution in [-0.2, 0) is 0 Å². The fourth-order valence-electron chi connectivity index (χ4n) is 2.77. The highest BCUT2D eigenvalue weighted by Gasteiger charge is 2.39. The predicted molar refractivity (Wildman–Crippen MR) is 77.5 cm³/mol. The van der Waals surface area contributed by atoms with Crippen molar-refractivity contribution in [2.45, 2.75) is 64.3 Å². The summed E-state index contributed by atoms with van der Waals surface area (Å²) in [4.78, 5) is 4.10. The lowest BCUT2D eigenvalue weighted by atomic mass is 9.75. The van der Waals surface area contributed by atoms with Crippen LogP contribution in [0.3, 0.4) is 0 Å². The van der Waals surface area contributed by atoms with Crippen molar-refractivity contribution in [3.05, 3.63) is 24.0 Å². The Kier molecular flexibility index (Phi) is 4.66. The van der Waals surface area contributed by atoms with Gasteiger partial charge in [0, 0.05) is 11.8 Å². The van der Waals surface area contributed by atoms with E-state index in [4.69, 9.17) is 4.74 Å². The van der Waals surface area contributed by atoms with Crippen molar-refractivity contribution in [2.75, 3.05) is 0 Å². The lowest BCUT2D eigenvalue weighted by Gasteiger charge is -2.38. The zero-order valence-electron chi connectivity index (χ0n) is 12.5. The van der Waals surface area contributed by atoms with Crippen LogP contribution in [0.1, 0.15) is 58.1 Å². The summed E-state index contributed by atoms with van der Waals surface area (Å²) in [6.07, 6.45) is 5.54. The van der Waals surface area contributed by atoms with Crippen molar-refractivity contribution in [3.63, 3.8) is 0 Å². The largest absolute Gasteiger partial charge is 0.489 e. The molecule has 1 unspecified atom stereocenters. The van der Waals surface area contributed by atoms with E-state index >= 15 is 0 Å². The maximum Gasteiger partial charge on any atom is 0.138 e. The van der Waals surface area contributed by atoms with E-state index in [-0.39, 0.29) is 6.10 Å². The number of hydrogen-bond acceptors (Lipinski definition) is 4. The molecule has 1 atom stereocenters. The Morgan fingerprint density at radius 1 is 1.30 bits per heavy atom. The molecule has 20 heavy (non-hydrogen) atoms. The Balaban J connectivity index is 2.14. The second-order valence-electron chi connectivity index (χ2n) is 6.31. The third kappa shape index (κ3) is 3.49. The molecular formula is C16H25NO3. The summed E-state index contributed by atoms with van der Waals surface area (Å²) in [6.45, 7) is 6.07. The Morgan fingerprint density at radius 2 is 1.95 bits per heavy atom. The second-order valence-corrected chi connectivity index (χ2v) is 6.31. The molecule has 0 radical (unpaired) electrons. The fraction of sp³-hybridized carbons (Fsp3) is 0.688. The van der Waals surface area contributed by atoms with E-state index < -0.39 is 11.7 Å². The van der Waals surface area contributed by atoms with E-state index in [2.05, 4.69) is 11.9 Å². The SMILES string of the molecule is CC1CCC(O)(C(O)c2cncc(OC(C)C)c2)CC1. The minimum absolute atomic E-state index is 0.0582.